The maximum Gasteiger partial charge on any atom is 0.191 e. The summed E-state index contributed by atoms with van der Waals surface area (Å²) in [5, 5.41) is 6.83. The first-order valence-electron chi connectivity index (χ1n) is 9.35. The molecule has 2 N–H and O–H groups in total. The summed E-state index contributed by atoms with van der Waals surface area (Å²) >= 11 is 0. The molecule has 0 atom stereocenters. The summed E-state index contributed by atoms with van der Waals surface area (Å²) in [6.07, 6.45) is 6.20. The van der Waals surface area contributed by atoms with Crippen LogP contribution >= 0.6 is 24.0 Å². The van der Waals surface area contributed by atoms with Gasteiger partial charge in [0.1, 0.15) is 0 Å². The van der Waals surface area contributed by atoms with Crippen molar-refractivity contribution < 1.29 is 13.2 Å². The number of halogens is 1. The van der Waals surface area contributed by atoms with Crippen LogP contribution in [0.15, 0.2) is 4.99 Å². The first-order chi connectivity index (χ1) is 12.0. The van der Waals surface area contributed by atoms with Crippen molar-refractivity contribution in [3.8, 4) is 0 Å². The average Bonchev–Trinajstić information content (AvgIpc) is 3.06. The molecule has 1 heterocycles. The molecule has 26 heavy (non-hydrogen) atoms. The zero-order valence-electron chi connectivity index (χ0n) is 16.1. The molecule has 0 amide bonds. The summed E-state index contributed by atoms with van der Waals surface area (Å²) in [5.41, 5.74) is 0.328. The van der Waals surface area contributed by atoms with E-state index in [0.29, 0.717) is 18.5 Å². The van der Waals surface area contributed by atoms with E-state index in [4.69, 9.17) is 4.74 Å². The Kier molecular flexibility index (Phi) is 10.7. The van der Waals surface area contributed by atoms with E-state index >= 15 is 0 Å². The van der Waals surface area contributed by atoms with Crippen LogP contribution < -0.4 is 10.6 Å². The number of sulfone groups is 1. The highest BCUT2D eigenvalue weighted by atomic mass is 127. The van der Waals surface area contributed by atoms with Crippen molar-refractivity contribution in [2.24, 2.45) is 10.4 Å². The van der Waals surface area contributed by atoms with Crippen molar-refractivity contribution in [2.45, 2.75) is 32.1 Å². The number of hydrogen-bond donors (Lipinski definition) is 2. The van der Waals surface area contributed by atoms with Crippen molar-refractivity contribution in [1.29, 1.82) is 0 Å². The molecule has 0 aromatic rings. The standard InChI is InChI=1S/C17H34N4O3S.HI/c1-18-16(19-8-9-21-10-13-25(22,23)14-11-21)20-15-17(7-12-24-2)5-3-4-6-17;/h3-15H2,1-2H3,(H2,18,19,20);1H. The van der Waals surface area contributed by atoms with Gasteiger partial charge in [-0.25, -0.2) is 8.42 Å². The summed E-state index contributed by atoms with van der Waals surface area (Å²) < 4.78 is 28.2. The Hall–Kier alpha value is -0.130. The summed E-state index contributed by atoms with van der Waals surface area (Å²) in [5.74, 6) is 1.39. The third-order valence-corrected chi connectivity index (χ3v) is 7.12. The molecule has 0 aromatic heterocycles. The van der Waals surface area contributed by atoms with Crippen molar-refractivity contribution in [2.75, 3.05) is 65.0 Å². The lowest BCUT2D eigenvalue weighted by Gasteiger charge is -2.30. The van der Waals surface area contributed by atoms with Crippen LogP contribution in [0.1, 0.15) is 32.1 Å². The third kappa shape index (κ3) is 7.85. The molecule has 1 saturated heterocycles. The van der Waals surface area contributed by atoms with E-state index in [1.165, 1.54) is 25.7 Å². The minimum absolute atomic E-state index is 0. The van der Waals surface area contributed by atoms with E-state index in [1.54, 1.807) is 14.2 Å². The minimum Gasteiger partial charge on any atom is -0.385 e. The molecule has 1 aliphatic carbocycles. The van der Waals surface area contributed by atoms with Crippen molar-refractivity contribution in [3.05, 3.63) is 0 Å². The molecule has 0 radical (unpaired) electrons. The zero-order chi connectivity index (χ0) is 18.2. The van der Waals surface area contributed by atoms with Crippen LogP contribution in [0.5, 0.6) is 0 Å². The number of ether oxygens (including phenoxy) is 1. The highest BCUT2D eigenvalue weighted by Crippen LogP contribution is 2.40. The number of methoxy groups -OCH3 is 1. The predicted octanol–water partition coefficient (Wildman–Crippen LogP) is 1.10. The predicted molar refractivity (Wildman–Crippen MR) is 117 cm³/mol. The van der Waals surface area contributed by atoms with Crippen LogP contribution in [0, 0.1) is 5.41 Å². The SMILES string of the molecule is CN=C(NCCN1CCS(=O)(=O)CC1)NCC1(CCOC)CCCC1.I. The number of nitrogens with zero attached hydrogens (tertiary/aromatic N) is 2. The molecule has 0 spiro atoms. The first kappa shape index (κ1) is 23.9. The van der Waals surface area contributed by atoms with Gasteiger partial charge in [-0.3, -0.25) is 9.89 Å². The van der Waals surface area contributed by atoms with E-state index in [0.717, 1.165) is 38.6 Å². The third-order valence-electron chi connectivity index (χ3n) is 5.51. The van der Waals surface area contributed by atoms with Crippen molar-refractivity contribution in [1.82, 2.24) is 15.5 Å². The Morgan fingerprint density at radius 3 is 2.42 bits per heavy atom. The van der Waals surface area contributed by atoms with Gasteiger partial charge < -0.3 is 15.4 Å². The van der Waals surface area contributed by atoms with Gasteiger partial charge in [-0.05, 0) is 24.7 Å². The Balaban J connectivity index is 0.00000338. The van der Waals surface area contributed by atoms with E-state index in [9.17, 15) is 8.42 Å². The minimum atomic E-state index is -2.80. The van der Waals surface area contributed by atoms with Gasteiger partial charge in [0.15, 0.2) is 15.8 Å². The van der Waals surface area contributed by atoms with Gasteiger partial charge in [0.05, 0.1) is 11.5 Å². The fraction of sp³-hybridized carbons (Fsp3) is 0.941. The lowest BCUT2D eigenvalue weighted by Crippen LogP contribution is -2.47. The molecule has 1 saturated carbocycles. The summed E-state index contributed by atoms with van der Waals surface area (Å²) in [6, 6.07) is 0. The first-order valence-corrected chi connectivity index (χ1v) is 11.2. The maximum atomic E-state index is 11.5. The monoisotopic (exact) mass is 502 g/mol. The zero-order valence-corrected chi connectivity index (χ0v) is 19.3. The summed E-state index contributed by atoms with van der Waals surface area (Å²) in [7, 11) is 0.754. The van der Waals surface area contributed by atoms with Crippen molar-refractivity contribution in [3.63, 3.8) is 0 Å². The van der Waals surface area contributed by atoms with E-state index in [2.05, 4.69) is 20.5 Å². The van der Waals surface area contributed by atoms with Crippen molar-refractivity contribution >= 4 is 39.8 Å². The molecule has 2 aliphatic rings. The molecule has 0 bridgehead atoms. The molecular formula is C17H35IN4O3S. The van der Waals surface area contributed by atoms with Gasteiger partial charge in [0.2, 0.25) is 0 Å². The van der Waals surface area contributed by atoms with Gasteiger partial charge in [-0.1, -0.05) is 12.8 Å². The number of hydrogen-bond acceptors (Lipinski definition) is 5. The fourth-order valence-electron chi connectivity index (χ4n) is 3.76. The second-order valence-electron chi connectivity index (χ2n) is 7.30. The smallest absolute Gasteiger partial charge is 0.191 e. The molecule has 154 valence electrons. The molecule has 0 aromatic carbocycles. The Morgan fingerprint density at radius 2 is 1.85 bits per heavy atom. The van der Waals surface area contributed by atoms with Gasteiger partial charge >= 0.3 is 0 Å². The Bertz CT molecular complexity index is 522. The maximum absolute atomic E-state index is 11.5. The lowest BCUT2D eigenvalue weighted by atomic mass is 9.83. The topological polar surface area (TPSA) is 83.0 Å². The molecule has 0 unspecified atom stereocenters. The normalized spacial score (nSPS) is 22.6. The molecule has 7 nitrogen and oxygen atoms in total. The van der Waals surface area contributed by atoms with E-state index in [-0.39, 0.29) is 35.5 Å². The van der Waals surface area contributed by atoms with Gasteiger partial charge in [-0.2, -0.15) is 0 Å². The van der Waals surface area contributed by atoms with E-state index < -0.39 is 9.84 Å². The number of rotatable bonds is 8. The molecule has 2 rings (SSSR count). The Morgan fingerprint density at radius 1 is 1.19 bits per heavy atom. The summed E-state index contributed by atoms with van der Waals surface area (Å²) in [6.45, 7) is 4.62. The molecule has 9 heteroatoms. The van der Waals surface area contributed by atoms with Crippen LogP contribution in [-0.4, -0.2) is 84.3 Å². The van der Waals surface area contributed by atoms with Crippen LogP contribution in [0.25, 0.3) is 0 Å². The average molecular weight is 502 g/mol. The van der Waals surface area contributed by atoms with Crippen LogP contribution in [-0.2, 0) is 14.6 Å². The largest absolute Gasteiger partial charge is 0.385 e. The van der Waals surface area contributed by atoms with Crippen LogP contribution in [0.3, 0.4) is 0 Å². The second kappa shape index (κ2) is 11.7. The highest BCUT2D eigenvalue weighted by molar-refractivity contribution is 14.0. The highest BCUT2D eigenvalue weighted by Gasteiger charge is 2.33. The molecular weight excluding hydrogens is 467 g/mol. The molecule has 1 aliphatic heterocycles. The molecule has 2 fully saturated rings. The Labute approximate surface area is 175 Å². The van der Waals surface area contributed by atoms with E-state index in [1.807, 2.05) is 0 Å². The number of aliphatic imine (C=N–C) groups is 1. The van der Waals surface area contributed by atoms with Gasteiger partial charge in [-0.15, -0.1) is 24.0 Å². The van der Waals surface area contributed by atoms with Crippen LogP contribution in [0.4, 0.5) is 0 Å². The van der Waals surface area contributed by atoms with Gasteiger partial charge in [0.25, 0.3) is 0 Å². The fourth-order valence-corrected chi connectivity index (χ4v) is 5.03. The summed E-state index contributed by atoms with van der Waals surface area (Å²) in [4.78, 5) is 6.51. The number of guanidine groups is 1. The number of nitrogens with one attached hydrogen (secondary N) is 2. The quantitative estimate of drug-likeness (QED) is 0.294. The van der Waals surface area contributed by atoms with Crippen LogP contribution in [0.2, 0.25) is 0 Å². The van der Waals surface area contributed by atoms with Gasteiger partial charge in [0, 0.05) is 53.5 Å². The lowest BCUT2D eigenvalue weighted by molar-refractivity contribution is 0.138. The second-order valence-corrected chi connectivity index (χ2v) is 9.60.